The zero-order chi connectivity index (χ0) is 13.5. The zero-order valence-electron chi connectivity index (χ0n) is 10.7. The van der Waals surface area contributed by atoms with Crippen molar-refractivity contribution < 1.29 is 12.8 Å². The van der Waals surface area contributed by atoms with Crippen molar-refractivity contribution in [3.63, 3.8) is 0 Å². The highest BCUT2D eigenvalue weighted by molar-refractivity contribution is 7.91. The Kier molecular flexibility index (Phi) is 3.14. The van der Waals surface area contributed by atoms with Gasteiger partial charge in [0.05, 0.1) is 11.5 Å². The van der Waals surface area contributed by atoms with Gasteiger partial charge in [-0.15, -0.1) is 0 Å². The van der Waals surface area contributed by atoms with E-state index in [-0.39, 0.29) is 22.9 Å². The molecule has 104 valence electrons. The Morgan fingerprint density at radius 3 is 2.58 bits per heavy atom. The molecule has 0 aliphatic carbocycles. The fourth-order valence-electron chi connectivity index (χ4n) is 3.55. The quantitative estimate of drug-likeness (QED) is 0.853. The lowest BCUT2D eigenvalue weighted by molar-refractivity contribution is 0.196. The predicted octanol–water partition coefficient (Wildman–Crippen LogP) is 1.71. The Balaban J connectivity index is 1.96. The Bertz CT molecular complexity index is 570. The van der Waals surface area contributed by atoms with Crippen LogP contribution in [-0.4, -0.2) is 33.0 Å². The maximum Gasteiger partial charge on any atom is 0.150 e. The predicted molar refractivity (Wildman–Crippen MR) is 72.3 cm³/mol. The number of hydrogen-bond donors (Lipinski definition) is 1. The molecule has 2 aliphatic rings. The summed E-state index contributed by atoms with van der Waals surface area (Å²) in [7, 11) is -2.91. The smallest absolute Gasteiger partial charge is 0.150 e. The number of benzene rings is 1. The van der Waals surface area contributed by atoms with Crippen molar-refractivity contribution in [2.75, 3.05) is 24.6 Å². The summed E-state index contributed by atoms with van der Waals surface area (Å²) in [6, 6.07) is 6.50. The van der Waals surface area contributed by atoms with Gasteiger partial charge in [0.25, 0.3) is 0 Å². The van der Waals surface area contributed by atoms with Gasteiger partial charge in [0, 0.05) is 12.5 Å². The molecule has 2 heterocycles. The van der Waals surface area contributed by atoms with Crippen molar-refractivity contribution in [1.29, 1.82) is 0 Å². The lowest BCUT2D eigenvalue weighted by Crippen LogP contribution is -2.44. The van der Waals surface area contributed by atoms with Crippen LogP contribution in [0.15, 0.2) is 24.3 Å². The summed E-state index contributed by atoms with van der Waals surface area (Å²) in [6.07, 6.45) is 1.62. The lowest BCUT2D eigenvalue weighted by atomic mass is 9.68. The molecular formula is C14H18FNO2S. The summed E-state index contributed by atoms with van der Waals surface area (Å²) in [5, 5.41) is 3.34. The Morgan fingerprint density at radius 2 is 1.95 bits per heavy atom. The molecule has 1 aromatic rings. The molecule has 0 radical (unpaired) electrons. The van der Waals surface area contributed by atoms with Gasteiger partial charge in [-0.1, -0.05) is 12.1 Å². The summed E-state index contributed by atoms with van der Waals surface area (Å²) in [5.41, 5.74) is 0.896. The molecule has 2 unspecified atom stereocenters. The molecule has 0 bridgehead atoms. The second-order valence-corrected chi connectivity index (χ2v) is 7.95. The first-order valence-corrected chi connectivity index (χ1v) is 8.50. The molecule has 2 aliphatic heterocycles. The van der Waals surface area contributed by atoms with Crippen LogP contribution in [0.25, 0.3) is 0 Å². The number of piperidine rings is 1. The highest BCUT2D eigenvalue weighted by Crippen LogP contribution is 2.48. The number of halogens is 1. The normalized spacial score (nSPS) is 33.6. The Labute approximate surface area is 113 Å². The molecule has 1 N–H and O–H groups in total. The van der Waals surface area contributed by atoms with Gasteiger partial charge in [-0.3, -0.25) is 0 Å². The summed E-state index contributed by atoms with van der Waals surface area (Å²) in [6.45, 7) is 1.65. The van der Waals surface area contributed by atoms with E-state index in [2.05, 4.69) is 5.32 Å². The van der Waals surface area contributed by atoms with E-state index in [1.165, 1.54) is 12.1 Å². The standard InChI is InChI=1S/C14H18FNO2S/c15-12-3-1-11(2-4-12)13-9-16-7-5-14(13)6-8-19(17,18)10-14/h1-4,13,16H,5-10H2. The second-order valence-electron chi connectivity index (χ2n) is 5.76. The van der Waals surface area contributed by atoms with E-state index >= 15 is 0 Å². The van der Waals surface area contributed by atoms with Gasteiger partial charge in [-0.2, -0.15) is 0 Å². The zero-order valence-corrected chi connectivity index (χ0v) is 11.5. The minimum Gasteiger partial charge on any atom is -0.316 e. The Hall–Kier alpha value is -0.940. The van der Waals surface area contributed by atoms with Crippen LogP contribution >= 0.6 is 0 Å². The van der Waals surface area contributed by atoms with E-state index in [0.29, 0.717) is 5.75 Å². The third-order valence-electron chi connectivity index (χ3n) is 4.58. The molecule has 0 amide bonds. The highest BCUT2D eigenvalue weighted by Gasteiger charge is 2.48. The van der Waals surface area contributed by atoms with Crippen molar-refractivity contribution in [3.8, 4) is 0 Å². The van der Waals surface area contributed by atoms with Crippen LogP contribution in [0, 0.1) is 11.2 Å². The van der Waals surface area contributed by atoms with E-state index in [1.54, 1.807) is 12.1 Å². The van der Waals surface area contributed by atoms with Crippen LogP contribution in [0.3, 0.4) is 0 Å². The van der Waals surface area contributed by atoms with Gasteiger partial charge in [0.15, 0.2) is 9.84 Å². The van der Waals surface area contributed by atoms with Crippen molar-refractivity contribution >= 4 is 9.84 Å². The van der Waals surface area contributed by atoms with Crippen LogP contribution in [0.4, 0.5) is 4.39 Å². The van der Waals surface area contributed by atoms with E-state index in [0.717, 1.165) is 31.5 Å². The summed E-state index contributed by atoms with van der Waals surface area (Å²) >= 11 is 0. The molecule has 1 aromatic carbocycles. The maximum absolute atomic E-state index is 13.0. The highest BCUT2D eigenvalue weighted by atomic mass is 32.2. The lowest BCUT2D eigenvalue weighted by Gasteiger charge is -2.41. The van der Waals surface area contributed by atoms with Gasteiger partial charge in [0.1, 0.15) is 5.82 Å². The molecule has 2 saturated heterocycles. The van der Waals surface area contributed by atoms with Crippen molar-refractivity contribution in [2.45, 2.75) is 18.8 Å². The van der Waals surface area contributed by atoms with Crippen LogP contribution in [0.2, 0.25) is 0 Å². The van der Waals surface area contributed by atoms with E-state index in [9.17, 15) is 12.8 Å². The van der Waals surface area contributed by atoms with Crippen molar-refractivity contribution in [2.24, 2.45) is 5.41 Å². The minimum atomic E-state index is -2.91. The van der Waals surface area contributed by atoms with E-state index in [1.807, 2.05) is 0 Å². The largest absolute Gasteiger partial charge is 0.316 e. The minimum absolute atomic E-state index is 0.151. The first kappa shape index (κ1) is 13.1. The van der Waals surface area contributed by atoms with Crippen LogP contribution in [0.5, 0.6) is 0 Å². The van der Waals surface area contributed by atoms with Crippen LogP contribution < -0.4 is 5.32 Å². The van der Waals surface area contributed by atoms with Gasteiger partial charge < -0.3 is 5.32 Å². The summed E-state index contributed by atoms with van der Waals surface area (Å²) in [5.74, 6) is 0.494. The topological polar surface area (TPSA) is 46.2 Å². The average molecular weight is 283 g/mol. The van der Waals surface area contributed by atoms with Gasteiger partial charge in [-0.25, -0.2) is 12.8 Å². The van der Waals surface area contributed by atoms with Gasteiger partial charge in [-0.05, 0) is 42.5 Å². The number of sulfone groups is 1. The van der Waals surface area contributed by atoms with Crippen LogP contribution in [-0.2, 0) is 9.84 Å². The molecule has 1 spiro atoms. The SMILES string of the molecule is O=S1(=O)CCC2(CCNCC2c2ccc(F)cc2)C1. The molecule has 2 fully saturated rings. The van der Waals surface area contributed by atoms with Gasteiger partial charge in [0.2, 0.25) is 0 Å². The second kappa shape index (κ2) is 4.56. The first-order chi connectivity index (χ1) is 9.01. The molecule has 5 heteroatoms. The first-order valence-electron chi connectivity index (χ1n) is 6.67. The number of rotatable bonds is 1. The average Bonchev–Trinajstić information content (AvgIpc) is 2.67. The molecule has 19 heavy (non-hydrogen) atoms. The molecule has 0 aromatic heterocycles. The van der Waals surface area contributed by atoms with E-state index < -0.39 is 9.84 Å². The number of hydrogen-bond acceptors (Lipinski definition) is 3. The fourth-order valence-corrected chi connectivity index (χ4v) is 5.78. The molecule has 0 saturated carbocycles. The van der Waals surface area contributed by atoms with E-state index in [4.69, 9.17) is 0 Å². The third-order valence-corrected chi connectivity index (χ3v) is 6.42. The third kappa shape index (κ3) is 2.41. The fraction of sp³-hybridized carbons (Fsp3) is 0.571. The Morgan fingerprint density at radius 1 is 1.21 bits per heavy atom. The maximum atomic E-state index is 13.0. The summed E-state index contributed by atoms with van der Waals surface area (Å²) < 4.78 is 36.7. The van der Waals surface area contributed by atoms with Gasteiger partial charge >= 0.3 is 0 Å². The molecule has 2 atom stereocenters. The summed E-state index contributed by atoms with van der Waals surface area (Å²) in [4.78, 5) is 0. The molecular weight excluding hydrogens is 265 g/mol. The molecule has 3 rings (SSSR count). The van der Waals surface area contributed by atoms with Crippen molar-refractivity contribution in [3.05, 3.63) is 35.6 Å². The monoisotopic (exact) mass is 283 g/mol. The van der Waals surface area contributed by atoms with Crippen LogP contribution in [0.1, 0.15) is 24.3 Å². The molecule has 3 nitrogen and oxygen atoms in total. The van der Waals surface area contributed by atoms with Crippen molar-refractivity contribution in [1.82, 2.24) is 5.32 Å². The number of nitrogens with one attached hydrogen (secondary N) is 1.